The van der Waals surface area contributed by atoms with E-state index in [2.05, 4.69) is 11.4 Å². The number of carbonyl (C=O) groups excluding carboxylic acids is 4. The lowest BCUT2D eigenvalue weighted by Gasteiger charge is -2.29. The number of hydrogen-bond donors (Lipinski definition) is 1. The summed E-state index contributed by atoms with van der Waals surface area (Å²) in [7, 11) is 1.50. The zero-order valence-electron chi connectivity index (χ0n) is 21.0. The summed E-state index contributed by atoms with van der Waals surface area (Å²) < 4.78 is 5.46. The Bertz CT molecular complexity index is 1390. The van der Waals surface area contributed by atoms with Gasteiger partial charge in [0.05, 0.1) is 24.8 Å². The summed E-state index contributed by atoms with van der Waals surface area (Å²) in [5.74, 6) is -1.30. The number of allylic oxidation sites excluding steroid dienone is 1. The predicted molar refractivity (Wildman–Crippen MR) is 145 cm³/mol. The van der Waals surface area contributed by atoms with Gasteiger partial charge in [-0.05, 0) is 80.2 Å². The van der Waals surface area contributed by atoms with E-state index in [1.807, 2.05) is 0 Å². The fourth-order valence-electron chi connectivity index (χ4n) is 5.02. The molecular formula is C29H27N3O5S. The molecule has 1 saturated heterocycles. The number of hydrogen-bond acceptors (Lipinski definition) is 6. The molecule has 3 aliphatic rings. The Morgan fingerprint density at radius 3 is 2.37 bits per heavy atom. The van der Waals surface area contributed by atoms with E-state index in [0.29, 0.717) is 41.0 Å². The number of amides is 4. The van der Waals surface area contributed by atoms with Gasteiger partial charge in [0.25, 0.3) is 23.6 Å². The quantitative estimate of drug-likeness (QED) is 0.192. The molecule has 1 fully saturated rings. The Morgan fingerprint density at radius 2 is 1.71 bits per heavy atom. The first-order valence-corrected chi connectivity index (χ1v) is 13.0. The van der Waals surface area contributed by atoms with E-state index in [0.717, 1.165) is 24.2 Å². The molecule has 5 rings (SSSR count). The van der Waals surface area contributed by atoms with E-state index >= 15 is 0 Å². The van der Waals surface area contributed by atoms with Crippen LogP contribution in [0.5, 0.6) is 5.75 Å². The van der Waals surface area contributed by atoms with Crippen LogP contribution in [0.2, 0.25) is 0 Å². The fraction of sp³-hybridized carbons (Fsp3) is 0.276. The van der Waals surface area contributed by atoms with E-state index in [-0.39, 0.29) is 29.0 Å². The van der Waals surface area contributed by atoms with Gasteiger partial charge in [0, 0.05) is 12.1 Å². The fourth-order valence-corrected chi connectivity index (χ4v) is 5.28. The molecule has 2 aromatic carbocycles. The average molecular weight is 530 g/mol. The number of rotatable bonds is 7. The first-order valence-electron chi connectivity index (χ1n) is 12.6. The molecule has 8 nitrogen and oxygen atoms in total. The van der Waals surface area contributed by atoms with Gasteiger partial charge in [-0.1, -0.05) is 29.8 Å². The lowest BCUT2D eigenvalue weighted by atomic mass is 9.97. The first-order chi connectivity index (χ1) is 18.4. The molecule has 0 spiro atoms. The van der Waals surface area contributed by atoms with Crippen molar-refractivity contribution in [3.8, 4) is 5.75 Å². The summed E-state index contributed by atoms with van der Waals surface area (Å²) in [6.07, 6.45) is 8.84. The van der Waals surface area contributed by atoms with E-state index in [1.54, 1.807) is 42.5 Å². The van der Waals surface area contributed by atoms with Crippen molar-refractivity contribution in [2.75, 3.05) is 13.7 Å². The zero-order chi connectivity index (χ0) is 26.8. The van der Waals surface area contributed by atoms with Crippen LogP contribution in [0.15, 0.2) is 59.7 Å². The second-order valence-corrected chi connectivity index (χ2v) is 9.83. The molecule has 0 unspecified atom stereocenters. The summed E-state index contributed by atoms with van der Waals surface area (Å²) in [5, 5.41) is 2.73. The number of imide groups is 1. The van der Waals surface area contributed by atoms with E-state index in [4.69, 9.17) is 17.0 Å². The molecule has 4 amide bonds. The highest BCUT2D eigenvalue weighted by molar-refractivity contribution is 7.80. The van der Waals surface area contributed by atoms with Crippen molar-refractivity contribution in [2.24, 2.45) is 0 Å². The van der Waals surface area contributed by atoms with Gasteiger partial charge in [-0.15, -0.1) is 0 Å². The second-order valence-electron chi connectivity index (χ2n) is 9.45. The molecule has 1 N–H and O–H groups in total. The van der Waals surface area contributed by atoms with Gasteiger partial charge < -0.3 is 4.74 Å². The van der Waals surface area contributed by atoms with Crippen molar-refractivity contribution >= 4 is 47.0 Å². The molecule has 2 aliphatic heterocycles. The molecule has 0 atom stereocenters. The van der Waals surface area contributed by atoms with Crippen LogP contribution >= 0.6 is 12.2 Å². The molecule has 0 aromatic heterocycles. The van der Waals surface area contributed by atoms with Gasteiger partial charge in [0.15, 0.2) is 5.11 Å². The topological polar surface area (TPSA) is 96.0 Å². The molecule has 0 saturated carbocycles. The molecule has 1 aliphatic carbocycles. The van der Waals surface area contributed by atoms with Gasteiger partial charge in [-0.3, -0.25) is 34.3 Å². The van der Waals surface area contributed by atoms with Crippen molar-refractivity contribution in [3.63, 3.8) is 0 Å². The Labute approximate surface area is 225 Å². The van der Waals surface area contributed by atoms with Gasteiger partial charge in [0.2, 0.25) is 0 Å². The molecule has 2 aromatic rings. The van der Waals surface area contributed by atoms with Gasteiger partial charge >= 0.3 is 0 Å². The average Bonchev–Trinajstić information content (AvgIpc) is 3.16. The third-order valence-corrected chi connectivity index (χ3v) is 7.37. The Kier molecular flexibility index (Phi) is 7.20. The largest absolute Gasteiger partial charge is 0.496 e. The highest BCUT2D eigenvalue weighted by Gasteiger charge is 2.36. The lowest BCUT2D eigenvalue weighted by molar-refractivity contribution is -0.128. The standard InChI is InChI=1S/C29H27N3O5S/c1-37-24-12-11-19(15-20(24)17-32-26(34)21-9-5-6-10-22(21)27(32)35)16-23-25(33)30-29(38)31(28(23)36)14-13-18-7-3-2-4-8-18/h5-7,9-12,15-16H,2-4,8,13-14,17H2,1H3,(H,30,33,38)/b23-16-. The SMILES string of the molecule is COc1ccc(/C=C2/C(=O)NC(=S)N(CCC3=CCCCC3)C2=O)cc1CN1C(=O)c2ccccc2C1=O. The lowest BCUT2D eigenvalue weighted by Crippen LogP contribution is -2.54. The van der Waals surface area contributed by atoms with E-state index in [1.165, 1.54) is 30.1 Å². The van der Waals surface area contributed by atoms with Crippen LogP contribution in [0, 0.1) is 0 Å². The van der Waals surface area contributed by atoms with Crippen LogP contribution in [-0.4, -0.2) is 52.2 Å². The predicted octanol–water partition coefficient (Wildman–Crippen LogP) is 4.01. The minimum Gasteiger partial charge on any atom is -0.496 e. The smallest absolute Gasteiger partial charge is 0.265 e. The number of nitrogens with one attached hydrogen (secondary N) is 1. The summed E-state index contributed by atoms with van der Waals surface area (Å²) in [6.45, 7) is 0.382. The number of thiocarbonyl (C=S) groups is 1. The third kappa shape index (κ3) is 4.89. The van der Waals surface area contributed by atoms with Crippen LogP contribution in [0.1, 0.15) is 63.9 Å². The first kappa shape index (κ1) is 25.5. The van der Waals surface area contributed by atoms with Crippen LogP contribution in [0.25, 0.3) is 6.08 Å². The maximum absolute atomic E-state index is 13.3. The Morgan fingerprint density at radius 1 is 0.974 bits per heavy atom. The van der Waals surface area contributed by atoms with E-state index < -0.39 is 11.8 Å². The zero-order valence-corrected chi connectivity index (χ0v) is 21.8. The van der Waals surface area contributed by atoms with Crippen molar-refractivity contribution in [3.05, 3.63) is 81.9 Å². The minimum atomic E-state index is -0.564. The number of benzene rings is 2. The molecule has 0 radical (unpaired) electrons. The number of fused-ring (bicyclic) bond motifs is 1. The highest BCUT2D eigenvalue weighted by atomic mass is 32.1. The molecular weight excluding hydrogens is 502 g/mol. The Balaban J connectivity index is 1.39. The van der Waals surface area contributed by atoms with Gasteiger partial charge in [-0.2, -0.15) is 0 Å². The Hall–Kier alpha value is -4.11. The molecule has 9 heteroatoms. The molecule has 0 bridgehead atoms. The second kappa shape index (κ2) is 10.7. The number of methoxy groups -OCH3 is 1. The van der Waals surface area contributed by atoms with E-state index in [9.17, 15) is 19.2 Å². The van der Waals surface area contributed by atoms with Gasteiger partial charge in [0.1, 0.15) is 11.3 Å². The molecule has 38 heavy (non-hydrogen) atoms. The molecule has 194 valence electrons. The number of carbonyl (C=O) groups is 4. The minimum absolute atomic E-state index is 0.0159. The van der Waals surface area contributed by atoms with Crippen molar-refractivity contribution in [1.29, 1.82) is 0 Å². The maximum atomic E-state index is 13.3. The van der Waals surface area contributed by atoms with Crippen LogP contribution in [-0.2, 0) is 16.1 Å². The van der Waals surface area contributed by atoms with Crippen LogP contribution in [0.3, 0.4) is 0 Å². The normalized spacial score (nSPS) is 18.6. The monoisotopic (exact) mass is 529 g/mol. The summed E-state index contributed by atoms with van der Waals surface area (Å²) >= 11 is 5.29. The van der Waals surface area contributed by atoms with Crippen LogP contribution < -0.4 is 10.1 Å². The molecule has 2 heterocycles. The van der Waals surface area contributed by atoms with Crippen molar-refractivity contribution in [1.82, 2.24) is 15.1 Å². The van der Waals surface area contributed by atoms with Crippen molar-refractivity contribution in [2.45, 2.75) is 38.6 Å². The highest BCUT2D eigenvalue weighted by Crippen LogP contribution is 2.29. The number of ether oxygens (including phenoxy) is 1. The summed E-state index contributed by atoms with van der Waals surface area (Å²) in [6, 6.07) is 11.8. The third-order valence-electron chi connectivity index (χ3n) is 7.05. The summed E-state index contributed by atoms with van der Waals surface area (Å²) in [4.78, 5) is 54.4. The van der Waals surface area contributed by atoms with Gasteiger partial charge in [-0.25, -0.2) is 0 Å². The van der Waals surface area contributed by atoms with Crippen LogP contribution in [0.4, 0.5) is 0 Å². The van der Waals surface area contributed by atoms with Crippen molar-refractivity contribution < 1.29 is 23.9 Å². The maximum Gasteiger partial charge on any atom is 0.265 e. The summed E-state index contributed by atoms with van der Waals surface area (Å²) in [5.41, 5.74) is 3.11. The number of nitrogens with zero attached hydrogens (tertiary/aromatic N) is 2.